The van der Waals surface area contributed by atoms with Crippen LogP contribution < -0.4 is 0 Å². The number of rotatable bonds is 1. The lowest BCUT2D eigenvalue weighted by molar-refractivity contribution is 0.193. The Labute approximate surface area is 110 Å². The van der Waals surface area contributed by atoms with E-state index in [1.54, 1.807) is 5.57 Å². The highest BCUT2D eigenvalue weighted by Gasteiger charge is 2.40. The van der Waals surface area contributed by atoms with E-state index in [4.69, 9.17) is 6.42 Å². The van der Waals surface area contributed by atoms with Gasteiger partial charge in [0.2, 0.25) is 0 Å². The van der Waals surface area contributed by atoms with Crippen LogP contribution in [-0.2, 0) is 0 Å². The summed E-state index contributed by atoms with van der Waals surface area (Å²) in [5, 5.41) is 0. The number of likely N-dealkylation sites (tertiary alicyclic amines) is 1. The van der Waals surface area contributed by atoms with Gasteiger partial charge in [-0.05, 0) is 38.1 Å². The largest absolute Gasteiger partial charge is 0.302 e. The number of fused-ring (bicyclic) bond motifs is 2. The molecule has 1 fully saturated rings. The third kappa shape index (κ3) is 1.75. The molecule has 94 valence electrons. The van der Waals surface area contributed by atoms with Gasteiger partial charge in [-0.2, -0.15) is 0 Å². The summed E-state index contributed by atoms with van der Waals surface area (Å²) in [5.41, 5.74) is 4.44. The van der Waals surface area contributed by atoms with E-state index in [9.17, 15) is 0 Å². The van der Waals surface area contributed by atoms with Crippen LogP contribution in [-0.4, -0.2) is 48.6 Å². The monoisotopic (exact) mass is 240 g/mol. The lowest BCUT2D eigenvalue weighted by atomic mass is 9.93. The SMILES string of the molecule is C#CCN1C2C=CC(C)=CC2=C2CN(C)CCC21. The summed E-state index contributed by atoms with van der Waals surface area (Å²) in [7, 11) is 2.21. The molecule has 0 radical (unpaired) electrons. The molecule has 18 heavy (non-hydrogen) atoms. The van der Waals surface area contributed by atoms with Crippen LogP contribution in [0.4, 0.5) is 0 Å². The van der Waals surface area contributed by atoms with Crippen molar-refractivity contribution in [2.45, 2.75) is 25.4 Å². The molecule has 0 aromatic carbocycles. The Kier molecular flexibility index (Phi) is 2.89. The molecule has 0 spiro atoms. The van der Waals surface area contributed by atoms with Crippen LogP contribution in [0.3, 0.4) is 0 Å². The first-order valence-electron chi connectivity index (χ1n) is 6.68. The predicted octanol–water partition coefficient (Wildman–Crippen LogP) is 1.82. The van der Waals surface area contributed by atoms with Crippen molar-refractivity contribution in [1.29, 1.82) is 0 Å². The van der Waals surface area contributed by atoms with Gasteiger partial charge in [-0.15, -0.1) is 6.42 Å². The van der Waals surface area contributed by atoms with Crippen LogP contribution in [0.1, 0.15) is 13.3 Å². The molecule has 0 N–H and O–H groups in total. The number of nitrogens with zero attached hydrogens (tertiary/aromatic N) is 2. The van der Waals surface area contributed by atoms with Crippen molar-refractivity contribution in [1.82, 2.24) is 9.80 Å². The standard InChI is InChI=1S/C16H20N2/c1-4-8-18-15-6-5-12(2)10-13(15)14-11-17(3)9-7-16(14)18/h1,5-6,10,15-16H,7-9,11H2,2-3H3. The minimum absolute atomic E-state index is 0.413. The Morgan fingerprint density at radius 1 is 1.50 bits per heavy atom. The smallest absolute Gasteiger partial charge is 0.0613 e. The molecule has 1 aliphatic carbocycles. The maximum absolute atomic E-state index is 5.55. The molecule has 3 aliphatic rings. The molecule has 0 aromatic heterocycles. The Balaban J connectivity index is 2.01. The van der Waals surface area contributed by atoms with Crippen LogP contribution in [0.15, 0.2) is 34.9 Å². The number of allylic oxidation sites excluding steroid dienone is 2. The molecule has 3 rings (SSSR count). The summed E-state index contributed by atoms with van der Waals surface area (Å²) >= 11 is 0. The van der Waals surface area contributed by atoms with Gasteiger partial charge in [-0.1, -0.05) is 29.7 Å². The molecular weight excluding hydrogens is 220 g/mol. The fourth-order valence-electron chi connectivity index (χ4n) is 3.45. The summed E-state index contributed by atoms with van der Waals surface area (Å²) in [6.45, 7) is 5.19. The van der Waals surface area contributed by atoms with Gasteiger partial charge in [0.1, 0.15) is 0 Å². The Morgan fingerprint density at radius 2 is 2.33 bits per heavy atom. The molecule has 0 bridgehead atoms. The van der Waals surface area contributed by atoms with Gasteiger partial charge in [-0.25, -0.2) is 0 Å². The molecule has 0 saturated carbocycles. The topological polar surface area (TPSA) is 6.48 Å². The van der Waals surface area contributed by atoms with Gasteiger partial charge >= 0.3 is 0 Å². The average molecular weight is 240 g/mol. The first-order valence-corrected chi connectivity index (χ1v) is 6.68. The molecule has 2 unspecified atom stereocenters. The summed E-state index contributed by atoms with van der Waals surface area (Å²) < 4.78 is 0. The van der Waals surface area contributed by atoms with Gasteiger partial charge in [-0.3, -0.25) is 4.90 Å². The van der Waals surface area contributed by atoms with Crippen molar-refractivity contribution in [3.8, 4) is 12.3 Å². The van der Waals surface area contributed by atoms with Gasteiger partial charge in [0.05, 0.1) is 12.6 Å². The highest BCUT2D eigenvalue weighted by atomic mass is 15.2. The molecule has 2 heterocycles. The highest BCUT2D eigenvalue weighted by Crippen LogP contribution is 2.38. The van der Waals surface area contributed by atoms with Crippen LogP contribution in [0.5, 0.6) is 0 Å². The number of piperidine rings is 1. The van der Waals surface area contributed by atoms with Crippen molar-refractivity contribution in [3.05, 3.63) is 34.9 Å². The zero-order valence-electron chi connectivity index (χ0n) is 11.2. The molecule has 2 heteroatoms. The van der Waals surface area contributed by atoms with Crippen LogP contribution in [0.25, 0.3) is 0 Å². The van der Waals surface area contributed by atoms with Crippen molar-refractivity contribution in [2.75, 3.05) is 26.7 Å². The minimum Gasteiger partial charge on any atom is -0.302 e. The number of terminal acetylenes is 1. The molecule has 2 aliphatic heterocycles. The molecular formula is C16H20N2. The summed E-state index contributed by atoms with van der Waals surface area (Å²) in [6, 6.07) is 0.972. The quantitative estimate of drug-likeness (QED) is 0.645. The van der Waals surface area contributed by atoms with E-state index in [2.05, 4.69) is 47.9 Å². The first-order chi connectivity index (χ1) is 8.70. The zero-order valence-corrected chi connectivity index (χ0v) is 11.2. The van der Waals surface area contributed by atoms with E-state index in [1.165, 1.54) is 24.1 Å². The molecule has 0 amide bonds. The molecule has 1 saturated heterocycles. The second kappa shape index (κ2) is 4.42. The molecule has 2 atom stereocenters. The fourth-order valence-corrected chi connectivity index (χ4v) is 3.45. The predicted molar refractivity (Wildman–Crippen MR) is 75.2 cm³/mol. The number of hydrogen-bond donors (Lipinski definition) is 0. The Morgan fingerprint density at radius 3 is 3.11 bits per heavy atom. The maximum atomic E-state index is 5.55. The normalized spacial score (nSPS) is 31.9. The van der Waals surface area contributed by atoms with Gasteiger partial charge < -0.3 is 4.90 Å². The van der Waals surface area contributed by atoms with Gasteiger partial charge in [0.15, 0.2) is 0 Å². The Hall–Kier alpha value is -1.30. The third-order valence-electron chi connectivity index (χ3n) is 4.27. The summed E-state index contributed by atoms with van der Waals surface area (Å²) in [4.78, 5) is 4.90. The van der Waals surface area contributed by atoms with Crippen molar-refractivity contribution in [3.63, 3.8) is 0 Å². The third-order valence-corrected chi connectivity index (χ3v) is 4.27. The molecule has 2 nitrogen and oxygen atoms in total. The van der Waals surface area contributed by atoms with E-state index >= 15 is 0 Å². The van der Waals surface area contributed by atoms with Gasteiger partial charge in [0, 0.05) is 12.6 Å². The summed E-state index contributed by atoms with van der Waals surface area (Å²) in [5.74, 6) is 2.83. The molecule has 0 aromatic rings. The lowest BCUT2D eigenvalue weighted by Gasteiger charge is -2.34. The second-order valence-corrected chi connectivity index (χ2v) is 5.59. The van der Waals surface area contributed by atoms with E-state index in [0.29, 0.717) is 12.1 Å². The number of hydrogen-bond acceptors (Lipinski definition) is 2. The van der Waals surface area contributed by atoms with E-state index < -0.39 is 0 Å². The fraction of sp³-hybridized carbons (Fsp3) is 0.500. The van der Waals surface area contributed by atoms with E-state index in [-0.39, 0.29) is 0 Å². The minimum atomic E-state index is 0.413. The first kappa shape index (κ1) is 11.8. The average Bonchev–Trinajstić information content (AvgIpc) is 2.64. The highest BCUT2D eigenvalue weighted by molar-refractivity contribution is 5.50. The van der Waals surface area contributed by atoms with Crippen molar-refractivity contribution >= 4 is 0 Å². The van der Waals surface area contributed by atoms with Gasteiger partial charge in [0.25, 0.3) is 0 Å². The zero-order chi connectivity index (χ0) is 12.7. The van der Waals surface area contributed by atoms with Crippen LogP contribution in [0, 0.1) is 12.3 Å². The summed E-state index contributed by atoms with van der Waals surface area (Å²) in [6.07, 6.45) is 13.6. The van der Waals surface area contributed by atoms with E-state index in [1.807, 2.05) is 0 Å². The Bertz CT molecular complexity index is 490. The van der Waals surface area contributed by atoms with Crippen LogP contribution in [0.2, 0.25) is 0 Å². The number of likely N-dealkylation sites (N-methyl/N-ethyl adjacent to an activating group) is 1. The second-order valence-electron chi connectivity index (χ2n) is 5.59. The van der Waals surface area contributed by atoms with Crippen molar-refractivity contribution in [2.24, 2.45) is 0 Å². The van der Waals surface area contributed by atoms with E-state index in [0.717, 1.165) is 13.1 Å². The van der Waals surface area contributed by atoms with Crippen LogP contribution >= 0.6 is 0 Å². The lowest BCUT2D eigenvalue weighted by Crippen LogP contribution is -2.44. The maximum Gasteiger partial charge on any atom is 0.0613 e. The van der Waals surface area contributed by atoms with Crippen molar-refractivity contribution < 1.29 is 0 Å².